The highest BCUT2D eigenvalue weighted by molar-refractivity contribution is 9.10. The second-order valence-corrected chi connectivity index (χ2v) is 7.70. The first kappa shape index (κ1) is 14.5. The van der Waals surface area contributed by atoms with E-state index in [0.717, 1.165) is 19.0 Å². The second-order valence-electron chi connectivity index (χ2n) is 5.79. The molecule has 102 valence electrons. The minimum atomic E-state index is 0.140. The topological polar surface area (TPSA) is 29.3 Å². The van der Waals surface area contributed by atoms with Crippen LogP contribution in [0, 0.1) is 5.92 Å². The molecule has 1 fully saturated rings. The first-order valence-electron chi connectivity index (χ1n) is 6.68. The maximum atomic E-state index is 6.05. The van der Waals surface area contributed by atoms with Gasteiger partial charge in [0, 0.05) is 33.4 Å². The summed E-state index contributed by atoms with van der Waals surface area (Å²) in [6.45, 7) is 4.05. The summed E-state index contributed by atoms with van der Waals surface area (Å²) in [5.74, 6) is 0.899. The first-order chi connectivity index (χ1) is 8.53. The van der Waals surface area contributed by atoms with Crippen LogP contribution in [-0.4, -0.2) is 24.0 Å². The van der Waals surface area contributed by atoms with E-state index in [1.807, 2.05) is 11.3 Å². The lowest BCUT2D eigenvalue weighted by molar-refractivity contribution is 0.0865. The van der Waals surface area contributed by atoms with Crippen LogP contribution < -0.4 is 5.73 Å². The highest BCUT2D eigenvalue weighted by Gasteiger charge is 2.33. The zero-order chi connectivity index (χ0) is 13.2. The largest absolute Gasteiger partial charge is 0.329 e. The molecule has 1 aromatic heterocycles. The second kappa shape index (κ2) is 6.04. The number of hydrogen-bond donors (Lipinski definition) is 1. The van der Waals surface area contributed by atoms with Gasteiger partial charge in [-0.05, 0) is 48.3 Å². The third-order valence-electron chi connectivity index (χ3n) is 4.33. The number of hydrogen-bond acceptors (Lipinski definition) is 3. The Kier molecular flexibility index (Phi) is 4.86. The molecule has 0 aliphatic heterocycles. The molecule has 1 saturated carbocycles. The van der Waals surface area contributed by atoms with Gasteiger partial charge in [-0.1, -0.05) is 19.3 Å². The molecule has 1 aliphatic carbocycles. The van der Waals surface area contributed by atoms with Crippen LogP contribution in [0.2, 0.25) is 0 Å². The zero-order valence-corrected chi connectivity index (χ0v) is 13.7. The van der Waals surface area contributed by atoms with Crippen molar-refractivity contribution >= 4 is 27.3 Å². The van der Waals surface area contributed by atoms with Gasteiger partial charge in [0.05, 0.1) is 0 Å². The molecule has 1 heterocycles. The average Bonchev–Trinajstić information content (AvgIpc) is 2.69. The molecule has 0 bridgehead atoms. The normalized spacial score (nSPS) is 19.8. The lowest BCUT2D eigenvalue weighted by Crippen LogP contribution is -2.50. The van der Waals surface area contributed by atoms with Crippen LogP contribution in [0.3, 0.4) is 0 Å². The van der Waals surface area contributed by atoms with Gasteiger partial charge in [0.25, 0.3) is 0 Å². The quantitative estimate of drug-likeness (QED) is 0.858. The van der Waals surface area contributed by atoms with Gasteiger partial charge in [-0.3, -0.25) is 4.90 Å². The summed E-state index contributed by atoms with van der Waals surface area (Å²) in [7, 11) is 2.21. The third kappa shape index (κ3) is 3.35. The van der Waals surface area contributed by atoms with Crippen LogP contribution >= 0.6 is 27.3 Å². The third-order valence-corrected chi connectivity index (χ3v) is 6.01. The molecule has 1 unspecified atom stereocenters. The van der Waals surface area contributed by atoms with Crippen molar-refractivity contribution in [2.24, 2.45) is 11.7 Å². The van der Waals surface area contributed by atoms with Crippen LogP contribution in [0.4, 0.5) is 0 Å². The fourth-order valence-electron chi connectivity index (χ4n) is 2.58. The van der Waals surface area contributed by atoms with Crippen molar-refractivity contribution in [2.75, 3.05) is 13.6 Å². The molecular formula is C14H23BrN2S. The van der Waals surface area contributed by atoms with E-state index < -0.39 is 0 Å². The minimum absolute atomic E-state index is 0.140. The SMILES string of the molecule is CN(Cc1cc(Br)cs1)C(C)(CN)CC1CCC1. The summed E-state index contributed by atoms with van der Waals surface area (Å²) >= 11 is 5.33. The van der Waals surface area contributed by atoms with E-state index in [4.69, 9.17) is 5.73 Å². The summed E-state index contributed by atoms with van der Waals surface area (Å²) < 4.78 is 1.18. The number of likely N-dealkylation sites (N-methyl/N-ethyl adjacent to an activating group) is 1. The summed E-state index contributed by atoms with van der Waals surface area (Å²) in [5, 5.41) is 2.15. The van der Waals surface area contributed by atoms with Gasteiger partial charge in [0.1, 0.15) is 0 Å². The molecule has 0 aromatic carbocycles. The van der Waals surface area contributed by atoms with E-state index in [1.165, 1.54) is 35.0 Å². The molecule has 0 spiro atoms. The Labute approximate surface area is 123 Å². The Morgan fingerprint density at radius 3 is 2.72 bits per heavy atom. The predicted molar refractivity (Wildman–Crippen MR) is 82.9 cm³/mol. The van der Waals surface area contributed by atoms with Crippen molar-refractivity contribution in [2.45, 2.75) is 44.7 Å². The highest BCUT2D eigenvalue weighted by atomic mass is 79.9. The van der Waals surface area contributed by atoms with Crippen molar-refractivity contribution in [1.82, 2.24) is 4.90 Å². The molecule has 2 nitrogen and oxygen atoms in total. The summed E-state index contributed by atoms with van der Waals surface area (Å²) in [6, 6.07) is 2.21. The molecule has 1 aliphatic rings. The van der Waals surface area contributed by atoms with Crippen molar-refractivity contribution in [3.63, 3.8) is 0 Å². The number of nitrogens with zero attached hydrogens (tertiary/aromatic N) is 1. The van der Waals surface area contributed by atoms with Gasteiger partial charge >= 0.3 is 0 Å². The molecule has 2 rings (SSSR count). The van der Waals surface area contributed by atoms with E-state index >= 15 is 0 Å². The van der Waals surface area contributed by atoms with E-state index in [-0.39, 0.29) is 5.54 Å². The molecule has 0 saturated heterocycles. The molecule has 1 atom stereocenters. The highest BCUT2D eigenvalue weighted by Crippen LogP contribution is 2.36. The molecule has 2 N–H and O–H groups in total. The maximum Gasteiger partial charge on any atom is 0.0331 e. The maximum absolute atomic E-state index is 6.05. The van der Waals surface area contributed by atoms with Crippen molar-refractivity contribution in [3.05, 3.63) is 20.8 Å². The Balaban J connectivity index is 1.96. The van der Waals surface area contributed by atoms with E-state index in [9.17, 15) is 0 Å². The summed E-state index contributed by atoms with van der Waals surface area (Å²) in [4.78, 5) is 3.83. The Morgan fingerprint density at radius 1 is 1.56 bits per heavy atom. The van der Waals surface area contributed by atoms with Gasteiger partial charge in [-0.2, -0.15) is 0 Å². The fourth-order valence-corrected chi connectivity index (χ4v) is 4.08. The number of halogens is 1. The van der Waals surface area contributed by atoms with Crippen LogP contribution in [-0.2, 0) is 6.54 Å². The zero-order valence-electron chi connectivity index (χ0n) is 11.3. The smallest absolute Gasteiger partial charge is 0.0331 e. The van der Waals surface area contributed by atoms with Crippen LogP contribution in [0.15, 0.2) is 15.9 Å². The molecule has 0 radical (unpaired) electrons. The van der Waals surface area contributed by atoms with Gasteiger partial charge in [0.15, 0.2) is 0 Å². The molecule has 18 heavy (non-hydrogen) atoms. The molecule has 0 amide bonds. The van der Waals surface area contributed by atoms with Crippen molar-refractivity contribution in [3.8, 4) is 0 Å². The molecule has 1 aromatic rings. The Bertz CT molecular complexity index is 389. The van der Waals surface area contributed by atoms with Gasteiger partial charge in [0.2, 0.25) is 0 Å². The number of nitrogens with two attached hydrogens (primary N) is 1. The summed E-state index contributed by atoms with van der Waals surface area (Å²) in [5.41, 5.74) is 6.19. The first-order valence-corrected chi connectivity index (χ1v) is 8.35. The number of thiophene rings is 1. The van der Waals surface area contributed by atoms with Gasteiger partial charge in [-0.25, -0.2) is 0 Å². The monoisotopic (exact) mass is 330 g/mol. The Hall–Kier alpha value is 0.1000. The van der Waals surface area contributed by atoms with Crippen molar-refractivity contribution < 1.29 is 0 Å². The van der Waals surface area contributed by atoms with Gasteiger partial charge < -0.3 is 5.73 Å². The lowest BCUT2D eigenvalue weighted by Gasteiger charge is -2.42. The van der Waals surface area contributed by atoms with Crippen molar-refractivity contribution in [1.29, 1.82) is 0 Å². The van der Waals surface area contributed by atoms with Crippen LogP contribution in [0.5, 0.6) is 0 Å². The predicted octanol–water partition coefficient (Wildman–Crippen LogP) is 3.85. The van der Waals surface area contributed by atoms with Crippen LogP contribution in [0.25, 0.3) is 0 Å². The van der Waals surface area contributed by atoms with E-state index in [2.05, 4.69) is 46.2 Å². The van der Waals surface area contributed by atoms with Crippen LogP contribution in [0.1, 0.15) is 37.5 Å². The van der Waals surface area contributed by atoms with E-state index in [1.54, 1.807) is 0 Å². The summed E-state index contributed by atoms with van der Waals surface area (Å²) in [6.07, 6.45) is 5.45. The van der Waals surface area contributed by atoms with E-state index in [0.29, 0.717) is 0 Å². The number of rotatable bonds is 6. The molecular weight excluding hydrogens is 308 g/mol. The van der Waals surface area contributed by atoms with Gasteiger partial charge in [-0.15, -0.1) is 11.3 Å². The standard InChI is InChI=1S/C14H23BrN2S/c1-14(10-16,7-11-4-3-5-11)17(2)8-13-6-12(15)9-18-13/h6,9,11H,3-5,7-8,10,16H2,1-2H3. The minimum Gasteiger partial charge on any atom is -0.329 e. The lowest BCUT2D eigenvalue weighted by atomic mass is 9.76. The fraction of sp³-hybridized carbons (Fsp3) is 0.714. The average molecular weight is 331 g/mol. The molecule has 4 heteroatoms. The Morgan fingerprint density at radius 2 is 2.28 bits per heavy atom.